The van der Waals surface area contributed by atoms with Crippen LogP contribution < -0.4 is 5.32 Å². The molecular weight excluding hydrogens is 551 g/mol. The molecule has 6 nitrogen and oxygen atoms in total. The van der Waals surface area contributed by atoms with Crippen molar-refractivity contribution in [1.82, 2.24) is 14.8 Å². The molecule has 3 heterocycles. The fraction of sp³-hybridized carbons (Fsp3) is 0.412. The minimum Gasteiger partial charge on any atom is -0.322 e. The molecule has 0 spiro atoms. The van der Waals surface area contributed by atoms with Crippen molar-refractivity contribution >= 4 is 17.8 Å². The lowest BCUT2D eigenvalue weighted by atomic mass is 9.87. The van der Waals surface area contributed by atoms with Crippen LogP contribution in [-0.2, 0) is 12.7 Å². The van der Waals surface area contributed by atoms with Gasteiger partial charge in [0, 0.05) is 55.8 Å². The molecule has 0 bridgehead atoms. The highest BCUT2D eigenvalue weighted by Gasteiger charge is 2.34. The predicted octanol–water partition coefficient (Wildman–Crippen LogP) is 6.15. The summed E-state index contributed by atoms with van der Waals surface area (Å²) in [5, 5.41) is 9.20. The van der Waals surface area contributed by atoms with Gasteiger partial charge in [-0.2, -0.15) is 18.3 Å². The smallest absolute Gasteiger partial charge is 0.322 e. The molecule has 1 fully saturated rings. The Balaban J connectivity index is 1.35. The van der Waals surface area contributed by atoms with E-state index >= 15 is 0 Å². The fourth-order valence-electron chi connectivity index (χ4n) is 5.59. The third kappa shape index (κ3) is 7.20. The Labute approximate surface area is 251 Å². The zero-order chi connectivity index (χ0) is 30.7. The second-order valence-electron chi connectivity index (χ2n) is 11.8. The van der Waals surface area contributed by atoms with Gasteiger partial charge < -0.3 is 10.2 Å². The summed E-state index contributed by atoms with van der Waals surface area (Å²) in [6.07, 6.45) is 4.30. The summed E-state index contributed by atoms with van der Waals surface area (Å²) in [5.74, 6) is 6.85. The zero-order valence-electron chi connectivity index (χ0n) is 25.1. The topological polar surface area (TPSA) is 51.2 Å². The number of nitrogens with one attached hydrogen (secondary N) is 1. The Morgan fingerprint density at radius 3 is 2.60 bits per heavy atom. The number of carbonyl (C=O) groups excluding carboxylic acids is 1. The van der Waals surface area contributed by atoms with Crippen LogP contribution in [0.2, 0.25) is 0 Å². The number of nitrogens with zero attached hydrogens (tertiary/aromatic N) is 4. The number of alkyl halides is 3. The molecular formula is C34H38F3N5O. The van der Waals surface area contributed by atoms with E-state index in [0.29, 0.717) is 30.1 Å². The van der Waals surface area contributed by atoms with Gasteiger partial charge in [-0.1, -0.05) is 43.9 Å². The zero-order valence-corrected chi connectivity index (χ0v) is 25.1. The molecule has 3 aliphatic heterocycles. The summed E-state index contributed by atoms with van der Waals surface area (Å²) in [6, 6.07) is 9.08. The molecule has 0 radical (unpaired) electrons. The van der Waals surface area contributed by atoms with Gasteiger partial charge in [-0.3, -0.25) is 14.7 Å². The molecule has 1 saturated heterocycles. The number of carbonyl (C=O) groups is 1. The molecule has 3 atom stereocenters. The number of anilines is 1. The molecule has 3 unspecified atom stereocenters. The third-order valence-corrected chi connectivity index (χ3v) is 8.68. The van der Waals surface area contributed by atoms with Crippen LogP contribution >= 0.6 is 0 Å². The summed E-state index contributed by atoms with van der Waals surface area (Å²) in [4.78, 5) is 17.4. The molecule has 0 aliphatic carbocycles. The van der Waals surface area contributed by atoms with E-state index < -0.39 is 17.6 Å². The van der Waals surface area contributed by atoms with E-state index in [-0.39, 0.29) is 29.8 Å². The number of amides is 1. The highest BCUT2D eigenvalue weighted by molar-refractivity contribution is 6.04. The fourth-order valence-corrected chi connectivity index (χ4v) is 5.59. The minimum absolute atomic E-state index is 0.101. The van der Waals surface area contributed by atoms with Gasteiger partial charge in [-0.15, -0.1) is 0 Å². The second kappa shape index (κ2) is 12.8. The van der Waals surface area contributed by atoms with Crippen LogP contribution in [0.15, 0.2) is 65.4 Å². The number of fused-ring (bicyclic) bond motifs is 1. The number of halogens is 3. The summed E-state index contributed by atoms with van der Waals surface area (Å²) < 4.78 is 42.1. The van der Waals surface area contributed by atoms with Crippen LogP contribution in [0.25, 0.3) is 0 Å². The predicted molar refractivity (Wildman–Crippen MR) is 165 cm³/mol. The Morgan fingerprint density at radius 2 is 1.86 bits per heavy atom. The van der Waals surface area contributed by atoms with Crippen molar-refractivity contribution < 1.29 is 18.0 Å². The normalized spacial score (nSPS) is 22.7. The van der Waals surface area contributed by atoms with Gasteiger partial charge in [0.1, 0.15) is 6.04 Å². The number of hydrazone groups is 1. The number of hydrogen-bond acceptors (Lipinski definition) is 5. The highest BCUT2D eigenvalue weighted by atomic mass is 19.4. The lowest BCUT2D eigenvalue weighted by Crippen LogP contribution is -2.44. The first-order valence-electron chi connectivity index (χ1n) is 14.7. The summed E-state index contributed by atoms with van der Waals surface area (Å²) in [7, 11) is 2.01. The number of rotatable bonds is 4. The second-order valence-corrected chi connectivity index (χ2v) is 11.8. The van der Waals surface area contributed by atoms with Crippen molar-refractivity contribution in [3.8, 4) is 11.8 Å². The molecule has 0 aromatic heterocycles. The van der Waals surface area contributed by atoms with Crippen molar-refractivity contribution in [2.24, 2.45) is 16.9 Å². The largest absolute Gasteiger partial charge is 0.416 e. The summed E-state index contributed by atoms with van der Waals surface area (Å²) >= 11 is 0. The lowest BCUT2D eigenvalue weighted by Gasteiger charge is -2.33. The van der Waals surface area contributed by atoms with E-state index in [4.69, 9.17) is 0 Å². The summed E-state index contributed by atoms with van der Waals surface area (Å²) in [6.45, 7) is 9.59. The van der Waals surface area contributed by atoms with Gasteiger partial charge >= 0.3 is 6.18 Å². The van der Waals surface area contributed by atoms with E-state index in [9.17, 15) is 18.0 Å². The minimum atomic E-state index is -4.54. The number of allylic oxidation sites excluding steroid dienone is 3. The van der Waals surface area contributed by atoms with Crippen molar-refractivity contribution in [1.29, 1.82) is 0 Å². The average molecular weight is 590 g/mol. The van der Waals surface area contributed by atoms with Crippen LogP contribution in [0.3, 0.4) is 0 Å². The summed E-state index contributed by atoms with van der Waals surface area (Å²) in [5.41, 5.74) is 2.53. The third-order valence-electron chi connectivity index (χ3n) is 8.68. The van der Waals surface area contributed by atoms with E-state index in [1.54, 1.807) is 24.4 Å². The van der Waals surface area contributed by atoms with E-state index in [1.807, 2.05) is 42.1 Å². The Morgan fingerprint density at radius 1 is 1.09 bits per heavy atom. The molecule has 9 heteroatoms. The Kier molecular flexibility index (Phi) is 9.09. The van der Waals surface area contributed by atoms with Gasteiger partial charge in [-0.05, 0) is 79.8 Å². The number of aryl methyl sites for hydroxylation is 1. The molecule has 1 N–H and O–H groups in total. The lowest BCUT2D eigenvalue weighted by molar-refractivity contribution is -0.138. The van der Waals surface area contributed by atoms with Gasteiger partial charge in [0.2, 0.25) is 0 Å². The van der Waals surface area contributed by atoms with Crippen LogP contribution in [0.4, 0.5) is 18.9 Å². The molecule has 43 heavy (non-hydrogen) atoms. The molecule has 2 aromatic carbocycles. The molecule has 3 aliphatic rings. The standard InChI is InChI=1S/C34H38F3N5O/c1-23-8-13-30-6-5-15-38-42(30)32(25(23)3)14-11-26-20-27(9-7-24(26)2)33(43)39-29-12-10-28(31(21-29)34(35,36)37)22-41-18-16-40(4)17-19-41/h5-7,9-10,12-13,15,20-21,23,25,32H,8,16-19,22H2,1-4H3,(H,39,43). The number of hydrogen-bond donors (Lipinski definition) is 1. The van der Waals surface area contributed by atoms with Gasteiger partial charge in [0.15, 0.2) is 0 Å². The van der Waals surface area contributed by atoms with Crippen molar-refractivity contribution in [2.75, 3.05) is 38.5 Å². The first-order chi connectivity index (χ1) is 20.5. The van der Waals surface area contributed by atoms with Crippen molar-refractivity contribution in [2.45, 2.75) is 46.0 Å². The van der Waals surface area contributed by atoms with Crippen molar-refractivity contribution in [3.05, 3.63) is 88.1 Å². The van der Waals surface area contributed by atoms with Gasteiger partial charge in [-0.25, -0.2) is 0 Å². The molecule has 0 saturated carbocycles. The number of piperazine rings is 1. The molecule has 5 rings (SSSR count). The molecule has 226 valence electrons. The SMILES string of the molecule is Cc1ccc(C(=O)Nc2ccc(CN3CCN(C)CC3)c(C(F)(F)F)c2)cc1C#CC1C(C)C(C)CC=C2C=CC=NN21. The van der Waals surface area contributed by atoms with E-state index in [2.05, 4.69) is 47.1 Å². The van der Waals surface area contributed by atoms with E-state index in [0.717, 1.165) is 36.8 Å². The average Bonchev–Trinajstić information content (AvgIpc) is 3.09. The number of likely N-dealkylation sites (N-methyl/N-ethyl adjacent to an activating group) is 1. The number of benzene rings is 2. The van der Waals surface area contributed by atoms with Crippen LogP contribution in [0.5, 0.6) is 0 Å². The van der Waals surface area contributed by atoms with Crippen LogP contribution in [0, 0.1) is 30.6 Å². The Bertz CT molecular complexity index is 1510. The van der Waals surface area contributed by atoms with Gasteiger partial charge in [0.25, 0.3) is 5.91 Å². The first kappa shape index (κ1) is 30.6. The monoisotopic (exact) mass is 589 g/mol. The Hall–Kier alpha value is -3.87. The highest BCUT2D eigenvalue weighted by Crippen LogP contribution is 2.35. The molecule has 1 amide bonds. The van der Waals surface area contributed by atoms with Crippen molar-refractivity contribution in [3.63, 3.8) is 0 Å². The maximum atomic E-state index is 14.0. The van der Waals surface area contributed by atoms with Crippen LogP contribution in [-0.4, -0.2) is 66.2 Å². The first-order valence-corrected chi connectivity index (χ1v) is 14.7. The quantitative estimate of drug-likeness (QED) is 0.435. The van der Waals surface area contributed by atoms with E-state index in [1.165, 1.54) is 6.07 Å². The maximum absolute atomic E-state index is 14.0. The molecule has 2 aromatic rings. The van der Waals surface area contributed by atoms with Crippen LogP contribution in [0.1, 0.15) is 52.9 Å². The van der Waals surface area contributed by atoms with Gasteiger partial charge in [0.05, 0.1) is 11.3 Å². The maximum Gasteiger partial charge on any atom is 0.416 e.